The van der Waals surface area contributed by atoms with Crippen molar-refractivity contribution in [2.75, 3.05) is 13.2 Å². The van der Waals surface area contributed by atoms with Crippen LogP contribution in [0.4, 0.5) is 0 Å². The number of benzene rings is 2. The number of H-pyrrole nitrogens is 1. The van der Waals surface area contributed by atoms with E-state index in [2.05, 4.69) is 45.2 Å². The molecule has 5 nitrogen and oxygen atoms in total. The highest BCUT2D eigenvalue weighted by Gasteiger charge is 2.18. The van der Waals surface area contributed by atoms with E-state index in [4.69, 9.17) is 0 Å². The molecule has 0 saturated carbocycles. The van der Waals surface area contributed by atoms with E-state index < -0.39 is 0 Å². The van der Waals surface area contributed by atoms with E-state index in [9.17, 15) is 4.79 Å². The maximum Gasteiger partial charge on any atom is 0.268 e. The zero-order valence-electron chi connectivity index (χ0n) is 12.6. The molecule has 1 aliphatic rings. The van der Waals surface area contributed by atoms with E-state index in [1.165, 1.54) is 0 Å². The van der Waals surface area contributed by atoms with E-state index in [1.807, 2.05) is 30.3 Å². The van der Waals surface area contributed by atoms with Crippen LogP contribution in [0.25, 0.3) is 22.0 Å². The van der Waals surface area contributed by atoms with Crippen molar-refractivity contribution in [3.05, 3.63) is 60.3 Å². The number of aromatic nitrogens is 1. The zero-order chi connectivity index (χ0) is 15.6. The van der Waals surface area contributed by atoms with E-state index >= 15 is 0 Å². The summed E-state index contributed by atoms with van der Waals surface area (Å²) in [6.45, 7) is 1.46. The van der Waals surface area contributed by atoms with Gasteiger partial charge in [-0.3, -0.25) is 10.1 Å². The van der Waals surface area contributed by atoms with Gasteiger partial charge in [-0.2, -0.15) is 0 Å². The van der Waals surface area contributed by atoms with Crippen molar-refractivity contribution < 1.29 is 4.79 Å². The number of rotatable bonds is 3. The Kier molecular flexibility index (Phi) is 3.57. The van der Waals surface area contributed by atoms with Crippen LogP contribution in [0, 0.1) is 0 Å². The zero-order valence-corrected chi connectivity index (χ0v) is 12.6. The molecule has 2 heterocycles. The first-order valence-corrected chi connectivity index (χ1v) is 7.73. The van der Waals surface area contributed by atoms with Crippen molar-refractivity contribution in [3.63, 3.8) is 0 Å². The summed E-state index contributed by atoms with van der Waals surface area (Å²) in [7, 11) is 0. The molecular formula is C18H18N4O. The molecule has 1 atom stereocenters. The number of hydrogen-bond acceptors (Lipinski definition) is 3. The first-order chi connectivity index (χ1) is 11.3. The van der Waals surface area contributed by atoms with Gasteiger partial charge in [0.05, 0.1) is 6.17 Å². The van der Waals surface area contributed by atoms with Crippen molar-refractivity contribution >= 4 is 16.8 Å². The topological polar surface area (TPSA) is 69.0 Å². The third kappa shape index (κ3) is 2.84. The van der Waals surface area contributed by atoms with Crippen molar-refractivity contribution in [2.24, 2.45) is 0 Å². The van der Waals surface area contributed by atoms with E-state index in [0.29, 0.717) is 5.69 Å². The molecule has 1 aromatic heterocycles. The first kappa shape index (κ1) is 14.0. The van der Waals surface area contributed by atoms with E-state index in [1.54, 1.807) is 0 Å². The quantitative estimate of drug-likeness (QED) is 0.598. The molecule has 1 amide bonds. The number of amides is 1. The first-order valence-electron chi connectivity index (χ1n) is 7.73. The molecule has 0 bridgehead atoms. The van der Waals surface area contributed by atoms with Gasteiger partial charge in [-0.15, -0.1) is 0 Å². The summed E-state index contributed by atoms with van der Waals surface area (Å²) in [5.74, 6) is -0.0938. The van der Waals surface area contributed by atoms with E-state index in [-0.39, 0.29) is 12.1 Å². The average Bonchev–Trinajstić information content (AvgIpc) is 3.24. The fraction of sp³-hybridized carbons (Fsp3) is 0.167. The predicted molar refractivity (Wildman–Crippen MR) is 91.0 cm³/mol. The minimum absolute atomic E-state index is 0.0196. The van der Waals surface area contributed by atoms with Gasteiger partial charge in [0.25, 0.3) is 5.91 Å². The Bertz CT molecular complexity index is 835. The molecule has 0 unspecified atom stereocenters. The second kappa shape index (κ2) is 5.87. The molecule has 0 radical (unpaired) electrons. The number of nitrogens with one attached hydrogen (secondary N) is 4. The Morgan fingerprint density at radius 3 is 2.70 bits per heavy atom. The summed E-state index contributed by atoms with van der Waals surface area (Å²) in [4.78, 5) is 15.5. The summed E-state index contributed by atoms with van der Waals surface area (Å²) >= 11 is 0. The molecule has 23 heavy (non-hydrogen) atoms. The minimum atomic E-state index is -0.0938. The van der Waals surface area contributed by atoms with Crippen LogP contribution < -0.4 is 16.0 Å². The van der Waals surface area contributed by atoms with Gasteiger partial charge in [0.15, 0.2) is 0 Å². The number of fused-ring (bicyclic) bond motifs is 1. The largest absolute Gasteiger partial charge is 0.351 e. The number of carbonyl (C=O) groups excluding carboxylic acids is 1. The Balaban J connectivity index is 1.61. The van der Waals surface area contributed by atoms with Crippen LogP contribution in [-0.4, -0.2) is 30.3 Å². The minimum Gasteiger partial charge on any atom is -0.351 e. The fourth-order valence-electron chi connectivity index (χ4n) is 2.88. The monoisotopic (exact) mass is 306 g/mol. The van der Waals surface area contributed by atoms with Gasteiger partial charge in [-0.25, -0.2) is 0 Å². The van der Waals surface area contributed by atoms with Gasteiger partial charge in [0, 0.05) is 24.1 Å². The Labute approximate surface area is 134 Å². The predicted octanol–water partition coefficient (Wildman–Crippen LogP) is 2.04. The van der Waals surface area contributed by atoms with Crippen molar-refractivity contribution in [2.45, 2.75) is 6.17 Å². The molecule has 4 rings (SSSR count). The molecule has 3 aromatic rings. The lowest BCUT2D eigenvalue weighted by molar-refractivity contribution is 0.0932. The molecule has 2 aromatic carbocycles. The maximum absolute atomic E-state index is 12.3. The molecule has 1 saturated heterocycles. The summed E-state index contributed by atoms with van der Waals surface area (Å²) in [5, 5.41) is 10.3. The van der Waals surface area contributed by atoms with Gasteiger partial charge in [0.2, 0.25) is 0 Å². The summed E-state index contributed by atoms with van der Waals surface area (Å²) in [5.41, 5.74) is 3.85. The third-order valence-corrected chi connectivity index (χ3v) is 4.10. The highest BCUT2D eigenvalue weighted by molar-refractivity contribution is 5.99. The van der Waals surface area contributed by atoms with Gasteiger partial charge < -0.3 is 15.6 Å². The molecule has 0 spiro atoms. The molecule has 0 aliphatic carbocycles. The van der Waals surface area contributed by atoms with Crippen LogP contribution >= 0.6 is 0 Å². The summed E-state index contributed by atoms with van der Waals surface area (Å²) in [6.07, 6.45) is -0.0196. The van der Waals surface area contributed by atoms with Crippen LogP contribution in [0.15, 0.2) is 54.6 Å². The molecule has 5 heteroatoms. The Hall–Kier alpha value is -2.63. The van der Waals surface area contributed by atoms with Crippen LogP contribution in [0.1, 0.15) is 10.5 Å². The smallest absolute Gasteiger partial charge is 0.268 e. The summed E-state index contributed by atoms with van der Waals surface area (Å²) in [6, 6.07) is 18.3. The average molecular weight is 306 g/mol. The third-order valence-electron chi connectivity index (χ3n) is 4.10. The van der Waals surface area contributed by atoms with Gasteiger partial charge in [-0.05, 0) is 23.3 Å². The van der Waals surface area contributed by atoms with Gasteiger partial charge in [-0.1, -0.05) is 42.5 Å². The molecule has 4 N–H and O–H groups in total. The fourth-order valence-corrected chi connectivity index (χ4v) is 2.88. The second-order valence-corrected chi connectivity index (χ2v) is 5.71. The SMILES string of the molecule is O=C(N[C@H]1CNCN1)c1cc2ccc(-c3ccccc3)cc2[nH]1. The number of aromatic amines is 1. The Morgan fingerprint density at radius 2 is 1.91 bits per heavy atom. The van der Waals surface area contributed by atoms with Crippen molar-refractivity contribution in [3.8, 4) is 11.1 Å². The Morgan fingerprint density at radius 1 is 1.04 bits per heavy atom. The number of carbonyl (C=O) groups is 1. The molecule has 1 aliphatic heterocycles. The standard InChI is InChI=1S/C18H18N4O/c23-18(22-17-10-19-11-20-17)16-9-14-7-6-13(8-15(14)21-16)12-4-2-1-3-5-12/h1-9,17,19-21H,10-11H2,(H,22,23)/t17-/m0/s1. The maximum atomic E-state index is 12.3. The molecule has 1 fully saturated rings. The van der Waals surface area contributed by atoms with Crippen LogP contribution in [0.3, 0.4) is 0 Å². The van der Waals surface area contributed by atoms with E-state index in [0.717, 1.165) is 35.2 Å². The van der Waals surface area contributed by atoms with Crippen LogP contribution in [-0.2, 0) is 0 Å². The normalized spacial score (nSPS) is 17.5. The molecular weight excluding hydrogens is 288 g/mol. The van der Waals surface area contributed by atoms with Crippen LogP contribution in [0.5, 0.6) is 0 Å². The lowest BCUT2D eigenvalue weighted by atomic mass is 10.0. The van der Waals surface area contributed by atoms with Crippen molar-refractivity contribution in [1.82, 2.24) is 20.9 Å². The molecule has 116 valence electrons. The summed E-state index contributed by atoms with van der Waals surface area (Å²) < 4.78 is 0. The second-order valence-electron chi connectivity index (χ2n) is 5.71. The highest BCUT2D eigenvalue weighted by Crippen LogP contribution is 2.24. The van der Waals surface area contributed by atoms with Gasteiger partial charge in [0.1, 0.15) is 5.69 Å². The van der Waals surface area contributed by atoms with Crippen molar-refractivity contribution in [1.29, 1.82) is 0 Å². The lowest BCUT2D eigenvalue weighted by Gasteiger charge is -2.10. The lowest BCUT2D eigenvalue weighted by Crippen LogP contribution is -2.43. The highest BCUT2D eigenvalue weighted by atomic mass is 16.2. The van der Waals surface area contributed by atoms with Crippen LogP contribution in [0.2, 0.25) is 0 Å². The number of hydrogen-bond donors (Lipinski definition) is 4. The van der Waals surface area contributed by atoms with Gasteiger partial charge >= 0.3 is 0 Å².